The summed E-state index contributed by atoms with van der Waals surface area (Å²) >= 11 is 7.31. The van der Waals surface area contributed by atoms with E-state index in [0.29, 0.717) is 22.1 Å². The molecule has 90 valence electrons. The summed E-state index contributed by atoms with van der Waals surface area (Å²) in [7, 11) is 0. The number of benzene rings is 1. The minimum atomic E-state index is -0.376. The zero-order chi connectivity index (χ0) is 12.3. The van der Waals surface area contributed by atoms with Crippen molar-refractivity contribution in [3.8, 4) is 10.6 Å². The molecule has 0 bridgehead atoms. The average molecular weight is 272 g/mol. The van der Waals surface area contributed by atoms with Crippen LogP contribution in [0.25, 0.3) is 10.6 Å². The molecule has 1 aromatic heterocycles. The molecule has 2 N–H and O–H groups in total. The van der Waals surface area contributed by atoms with Gasteiger partial charge in [-0.05, 0) is 25.1 Å². The maximum atomic E-state index is 13.6. The first-order chi connectivity index (χ1) is 8.22. The monoisotopic (exact) mass is 271 g/mol. The maximum absolute atomic E-state index is 13.6. The van der Waals surface area contributed by atoms with Crippen molar-refractivity contribution in [2.24, 2.45) is 5.73 Å². The Kier molecular flexibility index (Phi) is 4.04. The Labute approximate surface area is 107 Å². The third-order valence-corrected chi connectivity index (χ3v) is 3.55. The highest BCUT2D eigenvalue weighted by Gasteiger charge is 2.14. The normalized spacial score (nSPS) is 10.8. The number of rotatable bonds is 4. The molecule has 0 amide bonds. The Morgan fingerprint density at radius 3 is 2.88 bits per heavy atom. The predicted molar refractivity (Wildman–Crippen MR) is 67.7 cm³/mol. The van der Waals surface area contributed by atoms with Crippen LogP contribution in [-0.2, 0) is 6.42 Å². The molecule has 0 unspecified atom stereocenters. The van der Waals surface area contributed by atoms with Crippen molar-refractivity contribution < 1.29 is 4.39 Å². The number of aromatic nitrogens is 2. The summed E-state index contributed by atoms with van der Waals surface area (Å²) in [5.41, 5.74) is 5.74. The van der Waals surface area contributed by atoms with E-state index in [0.717, 1.165) is 17.8 Å². The summed E-state index contributed by atoms with van der Waals surface area (Å²) in [5.74, 6) is -0.376. The van der Waals surface area contributed by atoms with Crippen LogP contribution in [0.3, 0.4) is 0 Å². The summed E-state index contributed by atoms with van der Waals surface area (Å²) in [6, 6.07) is 4.57. The largest absolute Gasteiger partial charge is 0.330 e. The molecule has 2 rings (SSSR count). The summed E-state index contributed by atoms with van der Waals surface area (Å²) in [6.45, 7) is 0.607. The maximum Gasteiger partial charge on any atom is 0.152 e. The molecule has 0 aliphatic rings. The summed E-state index contributed by atoms with van der Waals surface area (Å²) in [4.78, 5) is 0. The first-order valence-corrected chi connectivity index (χ1v) is 6.38. The lowest BCUT2D eigenvalue weighted by atomic mass is 10.2. The molecule has 0 saturated carbocycles. The van der Waals surface area contributed by atoms with Gasteiger partial charge in [-0.2, -0.15) is 0 Å². The first-order valence-electron chi connectivity index (χ1n) is 5.19. The second-order valence-electron chi connectivity index (χ2n) is 3.49. The van der Waals surface area contributed by atoms with Gasteiger partial charge in [0.1, 0.15) is 10.8 Å². The van der Waals surface area contributed by atoms with Crippen molar-refractivity contribution in [1.82, 2.24) is 10.2 Å². The van der Waals surface area contributed by atoms with Crippen molar-refractivity contribution in [3.05, 3.63) is 34.0 Å². The van der Waals surface area contributed by atoms with Gasteiger partial charge >= 0.3 is 0 Å². The number of nitrogens with two attached hydrogens (primary N) is 1. The van der Waals surface area contributed by atoms with Gasteiger partial charge in [0, 0.05) is 6.42 Å². The molecule has 0 fully saturated rings. The van der Waals surface area contributed by atoms with E-state index in [-0.39, 0.29) is 5.82 Å². The molecule has 0 atom stereocenters. The van der Waals surface area contributed by atoms with E-state index in [2.05, 4.69) is 10.2 Å². The fourth-order valence-corrected chi connectivity index (χ4v) is 2.66. The van der Waals surface area contributed by atoms with Gasteiger partial charge in [-0.1, -0.05) is 29.0 Å². The zero-order valence-electron chi connectivity index (χ0n) is 8.99. The highest BCUT2D eigenvalue weighted by Crippen LogP contribution is 2.32. The van der Waals surface area contributed by atoms with E-state index >= 15 is 0 Å². The van der Waals surface area contributed by atoms with Crippen LogP contribution in [0, 0.1) is 5.82 Å². The van der Waals surface area contributed by atoms with Crippen LogP contribution in [0.5, 0.6) is 0 Å². The van der Waals surface area contributed by atoms with Gasteiger partial charge in [0.15, 0.2) is 5.01 Å². The van der Waals surface area contributed by atoms with Gasteiger partial charge in [0.25, 0.3) is 0 Å². The topological polar surface area (TPSA) is 51.8 Å². The standard InChI is InChI=1S/C11H11ClFN3S/c12-7-3-1-4-8(13)10(7)11-16-15-9(17-11)5-2-6-14/h1,3-4H,2,5-6,14H2. The predicted octanol–water partition coefficient (Wildman–Crippen LogP) is 2.89. The number of halogens is 2. The fraction of sp³-hybridized carbons (Fsp3) is 0.273. The van der Waals surface area contributed by atoms with Crippen molar-refractivity contribution in [3.63, 3.8) is 0 Å². The second kappa shape index (κ2) is 5.53. The highest BCUT2D eigenvalue weighted by atomic mass is 35.5. The van der Waals surface area contributed by atoms with Crippen LogP contribution in [0.2, 0.25) is 5.02 Å². The number of hydrogen-bond donors (Lipinski definition) is 1. The molecular weight excluding hydrogens is 261 g/mol. The highest BCUT2D eigenvalue weighted by molar-refractivity contribution is 7.14. The van der Waals surface area contributed by atoms with Crippen LogP contribution in [-0.4, -0.2) is 16.7 Å². The van der Waals surface area contributed by atoms with Crippen molar-refractivity contribution in [1.29, 1.82) is 0 Å². The molecule has 1 heterocycles. The van der Waals surface area contributed by atoms with Crippen molar-refractivity contribution in [2.75, 3.05) is 6.54 Å². The Balaban J connectivity index is 2.30. The van der Waals surface area contributed by atoms with E-state index in [1.54, 1.807) is 12.1 Å². The Hall–Kier alpha value is -1.04. The minimum absolute atomic E-state index is 0.325. The number of nitrogens with zero attached hydrogens (tertiary/aromatic N) is 2. The van der Waals surface area contributed by atoms with Crippen LogP contribution >= 0.6 is 22.9 Å². The number of aryl methyl sites for hydroxylation is 1. The minimum Gasteiger partial charge on any atom is -0.330 e. The molecule has 1 aromatic carbocycles. The Bertz CT molecular complexity index is 495. The molecule has 17 heavy (non-hydrogen) atoms. The molecule has 2 aromatic rings. The molecule has 6 heteroatoms. The first kappa shape index (κ1) is 12.4. The molecule has 3 nitrogen and oxygen atoms in total. The van der Waals surface area contributed by atoms with Crippen LogP contribution in [0.4, 0.5) is 4.39 Å². The van der Waals surface area contributed by atoms with Crippen molar-refractivity contribution >= 4 is 22.9 Å². The summed E-state index contributed by atoms with van der Waals surface area (Å²) < 4.78 is 13.6. The molecular formula is C11H11ClFN3S. The average Bonchev–Trinajstić information content (AvgIpc) is 2.75. The molecule has 0 radical (unpaired) electrons. The lowest BCUT2D eigenvalue weighted by Gasteiger charge is -2.00. The van der Waals surface area contributed by atoms with E-state index < -0.39 is 0 Å². The summed E-state index contributed by atoms with van der Waals surface area (Å²) in [5, 5.41) is 9.68. The van der Waals surface area contributed by atoms with Crippen LogP contribution in [0.15, 0.2) is 18.2 Å². The molecule has 0 aliphatic heterocycles. The van der Waals surface area contributed by atoms with Gasteiger partial charge in [0.05, 0.1) is 10.6 Å². The van der Waals surface area contributed by atoms with E-state index in [1.807, 2.05) is 0 Å². The molecule has 0 spiro atoms. The molecule has 0 aliphatic carbocycles. The van der Waals surface area contributed by atoms with Crippen molar-refractivity contribution in [2.45, 2.75) is 12.8 Å². The van der Waals surface area contributed by atoms with Gasteiger partial charge in [-0.15, -0.1) is 10.2 Å². The van der Waals surface area contributed by atoms with Gasteiger partial charge in [-0.3, -0.25) is 0 Å². The lowest BCUT2D eigenvalue weighted by Crippen LogP contribution is -1.99. The second-order valence-corrected chi connectivity index (χ2v) is 4.96. The quantitative estimate of drug-likeness (QED) is 0.930. The van der Waals surface area contributed by atoms with Crippen LogP contribution in [0.1, 0.15) is 11.4 Å². The Morgan fingerprint density at radius 1 is 1.35 bits per heavy atom. The zero-order valence-corrected chi connectivity index (χ0v) is 10.6. The van der Waals surface area contributed by atoms with E-state index in [1.165, 1.54) is 17.4 Å². The number of hydrogen-bond acceptors (Lipinski definition) is 4. The third kappa shape index (κ3) is 2.80. The van der Waals surface area contributed by atoms with Gasteiger partial charge < -0.3 is 5.73 Å². The van der Waals surface area contributed by atoms with E-state index in [4.69, 9.17) is 17.3 Å². The fourth-order valence-electron chi connectivity index (χ4n) is 1.41. The third-order valence-electron chi connectivity index (χ3n) is 2.24. The Morgan fingerprint density at radius 2 is 2.18 bits per heavy atom. The lowest BCUT2D eigenvalue weighted by molar-refractivity contribution is 0.631. The smallest absolute Gasteiger partial charge is 0.152 e. The molecule has 0 saturated heterocycles. The van der Waals surface area contributed by atoms with Gasteiger partial charge in [0.2, 0.25) is 0 Å². The summed E-state index contributed by atoms with van der Waals surface area (Å²) in [6.07, 6.45) is 1.61. The van der Waals surface area contributed by atoms with Gasteiger partial charge in [-0.25, -0.2) is 4.39 Å². The van der Waals surface area contributed by atoms with Crippen LogP contribution < -0.4 is 5.73 Å². The SMILES string of the molecule is NCCCc1nnc(-c2c(F)cccc2Cl)s1. The van der Waals surface area contributed by atoms with E-state index in [9.17, 15) is 4.39 Å².